The maximum atomic E-state index is 14.9. The summed E-state index contributed by atoms with van der Waals surface area (Å²) in [6.45, 7) is -0.435. The zero-order valence-electron chi connectivity index (χ0n) is 20.0. The number of hydrogen-bond acceptors (Lipinski definition) is 6. The Morgan fingerprint density at radius 2 is 1.71 bits per heavy atom. The highest BCUT2D eigenvalue weighted by Gasteiger charge is 2.58. The summed E-state index contributed by atoms with van der Waals surface area (Å²) in [7, 11) is 1.46. The number of carboxylic acid groups (broad SMARTS) is 1. The minimum Gasteiger partial charge on any atom is -0.482 e. The van der Waals surface area contributed by atoms with E-state index in [1.165, 1.54) is 31.5 Å². The van der Waals surface area contributed by atoms with E-state index in [9.17, 15) is 23.6 Å². The molecule has 3 N–H and O–H groups in total. The third kappa shape index (κ3) is 6.18. The number of nitrogens with zero attached hydrogens (tertiary/aromatic N) is 1. The number of nitrogens with one attached hydrogen (secondary N) is 2. The van der Waals surface area contributed by atoms with Gasteiger partial charge in [-0.15, -0.1) is 0 Å². The van der Waals surface area contributed by atoms with Crippen molar-refractivity contribution in [3.63, 3.8) is 0 Å². The Morgan fingerprint density at radius 1 is 1.03 bits per heavy atom. The fourth-order valence-corrected chi connectivity index (χ4v) is 4.25. The van der Waals surface area contributed by atoms with Crippen molar-refractivity contribution in [2.24, 2.45) is 17.8 Å². The average molecular weight is 544 g/mol. The van der Waals surface area contributed by atoms with E-state index in [0.29, 0.717) is 10.7 Å². The zero-order chi connectivity index (χ0) is 27.4. The van der Waals surface area contributed by atoms with E-state index < -0.39 is 41.7 Å². The quantitative estimate of drug-likeness (QED) is 0.357. The molecule has 0 unspecified atom stereocenters. The Bertz CT molecular complexity index is 1430. The molecule has 12 heteroatoms. The van der Waals surface area contributed by atoms with Gasteiger partial charge in [-0.3, -0.25) is 19.0 Å². The van der Waals surface area contributed by atoms with Crippen molar-refractivity contribution in [1.29, 1.82) is 0 Å². The number of aliphatic carboxylic acids is 1. The second-order valence-electron chi connectivity index (χ2n) is 8.57. The van der Waals surface area contributed by atoms with Crippen LogP contribution in [0.3, 0.4) is 0 Å². The average Bonchev–Trinajstić information content (AvgIpc) is 3.60. The second-order valence-corrected chi connectivity index (χ2v) is 9.01. The molecule has 0 bridgehead atoms. The van der Waals surface area contributed by atoms with Crippen LogP contribution in [-0.4, -0.2) is 47.8 Å². The smallest absolute Gasteiger partial charge is 0.341 e. The number of aromatic nitrogens is 1. The van der Waals surface area contributed by atoms with Crippen LogP contribution in [0.2, 0.25) is 5.02 Å². The number of benzene rings is 2. The lowest BCUT2D eigenvalue weighted by molar-refractivity contribution is -0.139. The van der Waals surface area contributed by atoms with Gasteiger partial charge in [-0.2, -0.15) is 0 Å². The number of pyridine rings is 1. The molecule has 0 radical (unpaired) electrons. The number of amides is 2. The highest BCUT2D eigenvalue weighted by molar-refractivity contribution is 6.30. The number of halogens is 2. The SMILES string of the molecule is COC[C@@H]1[C@@H](C(=O)Nc2ccc(-n3ccc(OCC(=O)O)cc3=O)cc2F)[C@H]1C(=O)Nc1ccc(Cl)cc1. The Hall–Kier alpha value is -4.22. The van der Waals surface area contributed by atoms with E-state index in [-0.39, 0.29) is 35.6 Å². The predicted octanol–water partition coefficient (Wildman–Crippen LogP) is 3.18. The number of carbonyl (C=O) groups excluding carboxylic acids is 2. The first-order chi connectivity index (χ1) is 18.2. The van der Waals surface area contributed by atoms with Crippen molar-refractivity contribution >= 4 is 40.8 Å². The number of methoxy groups -OCH3 is 1. The molecule has 2 aromatic carbocycles. The third-order valence-corrected chi connectivity index (χ3v) is 6.24. The van der Waals surface area contributed by atoms with Crippen molar-refractivity contribution in [2.75, 3.05) is 31.0 Å². The summed E-state index contributed by atoms with van der Waals surface area (Å²) in [5.74, 6) is -4.58. The Balaban J connectivity index is 1.44. The lowest BCUT2D eigenvalue weighted by atomic mass is 10.2. The number of anilines is 2. The van der Waals surface area contributed by atoms with E-state index in [2.05, 4.69) is 10.6 Å². The van der Waals surface area contributed by atoms with Gasteiger partial charge >= 0.3 is 5.97 Å². The molecule has 0 spiro atoms. The van der Waals surface area contributed by atoms with Crippen LogP contribution in [0, 0.1) is 23.6 Å². The molecule has 38 heavy (non-hydrogen) atoms. The molecule has 1 aromatic heterocycles. The fourth-order valence-electron chi connectivity index (χ4n) is 4.13. The van der Waals surface area contributed by atoms with Gasteiger partial charge in [0, 0.05) is 42.1 Å². The van der Waals surface area contributed by atoms with Crippen molar-refractivity contribution in [1.82, 2.24) is 4.57 Å². The van der Waals surface area contributed by atoms with Crippen LogP contribution in [0.1, 0.15) is 0 Å². The molecule has 0 aliphatic heterocycles. The Kier molecular flexibility index (Phi) is 8.08. The van der Waals surface area contributed by atoms with E-state index in [0.717, 1.165) is 16.7 Å². The molecule has 1 aliphatic carbocycles. The lowest BCUT2D eigenvalue weighted by Gasteiger charge is -2.11. The molecule has 3 atom stereocenters. The van der Waals surface area contributed by atoms with Crippen LogP contribution in [0.5, 0.6) is 5.75 Å². The van der Waals surface area contributed by atoms with Crippen LogP contribution in [0.15, 0.2) is 65.6 Å². The van der Waals surface area contributed by atoms with Gasteiger partial charge in [-0.05, 0) is 42.5 Å². The van der Waals surface area contributed by atoms with E-state index in [1.54, 1.807) is 24.3 Å². The van der Waals surface area contributed by atoms with E-state index in [4.69, 9.17) is 26.2 Å². The number of rotatable bonds is 10. The summed E-state index contributed by atoms with van der Waals surface area (Å²) in [5.41, 5.74) is 0.0197. The van der Waals surface area contributed by atoms with Crippen LogP contribution in [0.4, 0.5) is 15.8 Å². The van der Waals surface area contributed by atoms with Crippen molar-refractivity contribution in [2.45, 2.75) is 0 Å². The van der Waals surface area contributed by atoms with Crippen molar-refractivity contribution < 1.29 is 33.4 Å². The summed E-state index contributed by atoms with van der Waals surface area (Å²) >= 11 is 5.87. The molecule has 1 heterocycles. The molecular weight excluding hydrogens is 521 g/mol. The normalized spacial score (nSPS) is 17.9. The minimum absolute atomic E-state index is 0.0581. The zero-order valence-corrected chi connectivity index (χ0v) is 20.8. The van der Waals surface area contributed by atoms with Gasteiger partial charge in [0.15, 0.2) is 6.61 Å². The summed E-state index contributed by atoms with van der Waals surface area (Å²) in [5, 5.41) is 14.5. The molecule has 4 rings (SSSR count). The standard InChI is InChI=1S/C26H23ClFN3O7/c1-37-12-18-23(25(35)29-15-4-2-14(27)3-5-15)24(18)26(36)30-20-7-6-16(10-19(20)28)31-9-8-17(11-21(31)32)38-13-22(33)34/h2-11,18,23-24H,12-13H2,1H3,(H,29,35)(H,30,36)(H,33,34)/t18-,23-,24+/m0/s1. The molecule has 1 aliphatic rings. The number of hydrogen-bond donors (Lipinski definition) is 3. The van der Waals surface area contributed by atoms with Crippen LogP contribution in [-0.2, 0) is 19.1 Å². The van der Waals surface area contributed by atoms with Gasteiger partial charge in [0.25, 0.3) is 5.56 Å². The number of carboxylic acids is 1. The van der Waals surface area contributed by atoms with E-state index >= 15 is 0 Å². The monoisotopic (exact) mass is 543 g/mol. The van der Waals surface area contributed by atoms with Crippen LogP contribution in [0.25, 0.3) is 5.69 Å². The summed E-state index contributed by atoms with van der Waals surface area (Å²) in [6.07, 6.45) is 1.32. The molecular formula is C26H23ClFN3O7. The van der Waals surface area contributed by atoms with Gasteiger partial charge in [0.2, 0.25) is 11.8 Å². The summed E-state index contributed by atoms with van der Waals surface area (Å²) in [4.78, 5) is 48.7. The second kappa shape index (κ2) is 11.4. The summed E-state index contributed by atoms with van der Waals surface area (Å²) in [6, 6.07) is 12.8. The summed E-state index contributed by atoms with van der Waals surface area (Å²) < 4.78 is 26.1. The highest BCUT2D eigenvalue weighted by Crippen LogP contribution is 2.48. The molecule has 1 fully saturated rings. The third-order valence-electron chi connectivity index (χ3n) is 5.99. The van der Waals surface area contributed by atoms with Crippen molar-refractivity contribution in [3.05, 3.63) is 82.0 Å². The first-order valence-corrected chi connectivity index (χ1v) is 11.8. The fraction of sp³-hybridized carbons (Fsp3) is 0.231. The van der Waals surface area contributed by atoms with Crippen LogP contribution < -0.4 is 20.9 Å². The number of carbonyl (C=O) groups is 3. The maximum Gasteiger partial charge on any atom is 0.341 e. The van der Waals surface area contributed by atoms with Gasteiger partial charge in [0.05, 0.1) is 29.8 Å². The topological polar surface area (TPSA) is 136 Å². The van der Waals surface area contributed by atoms with Crippen LogP contribution >= 0.6 is 11.6 Å². The van der Waals surface area contributed by atoms with Gasteiger partial charge in [0.1, 0.15) is 11.6 Å². The van der Waals surface area contributed by atoms with E-state index in [1.807, 2.05) is 0 Å². The predicted molar refractivity (Wildman–Crippen MR) is 136 cm³/mol. The van der Waals surface area contributed by atoms with Gasteiger partial charge in [-0.25, -0.2) is 9.18 Å². The van der Waals surface area contributed by atoms with Crippen molar-refractivity contribution in [3.8, 4) is 11.4 Å². The molecule has 0 saturated heterocycles. The molecule has 198 valence electrons. The number of ether oxygens (including phenoxy) is 2. The molecule has 1 saturated carbocycles. The maximum absolute atomic E-state index is 14.9. The van der Waals surface area contributed by atoms with Gasteiger partial charge < -0.3 is 25.2 Å². The Morgan fingerprint density at radius 3 is 2.32 bits per heavy atom. The molecule has 10 nitrogen and oxygen atoms in total. The lowest BCUT2D eigenvalue weighted by Crippen LogP contribution is -2.21. The first kappa shape index (κ1) is 26.8. The Labute approximate surface area is 220 Å². The molecule has 3 aromatic rings. The molecule has 2 amide bonds. The van der Waals surface area contributed by atoms with Gasteiger partial charge in [-0.1, -0.05) is 11.6 Å². The minimum atomic E-state index is -1.19. The highest BCUT2D eigenvalue weighted by atomic mass is 35.5. The largest absolute Gasteiger partial charge is 0.482 e. The first-order valence-electron chi connectivity index (χ1n) is 11.4.